The Labute approximate surface area is 249 Å². The van der Waals surface area contributed by atoms with Gasteiger partial charge in [0.2, 0.25) is 5.88 Å². The molecular weight excluding hydrogens is 542 g/mol. The molecular formula is C32H50F2N4O4. The van der Waals surface area contributed by atoms with Crippen LogP contribution in [0.3, 0.4) is 0 Å². The van der Waals surface area contributed by atoms with E-state index in [0.717, 1.165) is 38.6 Å². The van der Waals surface area contributed by atoms with Crippen LogP contribution in [0.4, 0.5) is 14.5 Å². The summed E-state index contributed by atoms with van der Waals surface area (Å²) in [6.45, 7) is 5.85. The summed E-state index contributed by atoms with van der Waals surface area (Å²) in [5.41, 5.74) is 6.74. The van der Waals surface area contributed by atoms with E-state index in [-0.39, 0.29) is 36.1 Å². The van der Waals surface area contributed by atoms with Crippen LogP contribution in [0.2, 0.25) is 0 Å². The van der Waals surface area contributed by atoms with Gasteiger partial charge in [-0.2, -0.15) is 0 Å². The van der Waals surface area contributed by atoms with Crippen LogP contribution in [0.15, 0.2) is 12.1 Å². The second-order valence-electron chi connectivity index (χ2n) is 13.3. The number of nitrogens with one attached hydrogen (secondary N) is 1. The summed E-state index contributed by atoms with van der Waals surface area (Å²) in [7, 11) is 0. The highest BCUT2D eigenvalue weighted by molar-refractivity contribution is 5.89. The molecule has 1 atom stereocenters. The van der Waals surface area contributed by atoms with Crippen LogP contribution >= 0.6 is 0 Å². The molecule has 0 aromatic carbocycles. The predicted octanol–water partition coefficient (Wildman–Crippen LogP) is 5.83. The number of hydrogen-bond donors (Lipinski definition) is 3. The Morgan fingerprint density at radius 2 is 1.76 bits per heavy atom. The number of nitrogens with zero attached hydrogens (tertiary/aromatic N) is 2. The quantitative estimate of drug-likeness (QED) is 0.205. The number of nitrogens with two attached hydrogens (primary N) is 1. The van der Waals surface area contributed by atoms with Crippen LogP contribution < -0.4 is 20.7 Å². The fourth-order valence-electron chi connectivity index (χ4n) is 6.61. The molecule has 1 spiro atoms. The number of carboxylic acid groups (broad SMARTS) is 1. The zero-order chi connectivity index (χ0) is 30.4. The minimum absolute atomic E-state index is 0.132. The maximum atomic E-state index is 12.9. The molecule has 0 radical (unpaired) electrons. The molecule has 1 aromatic rings. The van der Waals surface area contributed by atoms with Crippen molar-refractivity contribution in [1.29, 1.82) is 0 Å². The first-order chi connectivity index (χ1) is 20.0. The number of pyridine rings is 1. The molecule has 1 saturated heterocycles. The van der Waals surface area contributed by atoms with Crippen LogP contribution in [0.1, 0.15) is 108 Å². The molecule has 5 rings (SSSR count). The molecule has 1 aliphatic heterocycles. The number of unbranched alkanes of at least 4 members (excludes halogenated alkanes) is 7. The first kappa shape index (κ1) is 32.6. The molecule has 236 valence electrons. The van der Waals surface area contributed by atoms with Crippen molar-refractivity contribution in [2.45, 2.75) is 109 Å². The van der Waals surface area contributed by atoms with Gasteiger partial charge in [-0.25, -0.2) is 18.6 Å². The molecule has 4 fully saturated rings. The summed E-state index contributed by atoms with van der Waals surface area (Å²) in [5.74, 6) is -2.53. The smallest absolute Gasteiger partial charge is 0.354 e. The Morgan fingerprint density at radius 1 is 1.12 bits per heavy atom. The van der Waals surface area contributed by atoms with Crippen molar-refractivity contribution in [3.8, 4) is 5.88 Å². The normalized spacial score (nSPS) is 27.4. The lowest BCUT2D eigenvalue weighted by Gasteiger charge is -2.63. The molecule has 8 nitrogen and oxygen atoms in total. The van der Waals surface area contributed by atoms with E-state index >= 15 is 0 Å². The highest BCUT2D eigenvalue weighted by Gasteiger charge is 2.63. The third-order valence-electron chi connectivity index (χ3n) is 9.63. The minimum atomic E-state index is -2.70. The van der Waals surface area contributed by atoms with Crippen LogP contribution in [0.25, 0.3) is 0 Å². The molecule has 2 heterocycles. The number of aromatic nitrogens is 1. The van der Waals surface area contributed by atoms with Gasteiger partial charge in [0.05, 0.1) is 19.7 Å². The van der Waals surface area contributed by atoms with Gasteiger partial charge >= 0.3 is 5.97 Å². The van der Waals surface area contributed by atoms with Crippen LogP contribution in [0, 0.1) is 17.3 Å². The van der Waals surface area contributed by atoms with Gasteiger partial charge in [-0.05, 0) is 62.1 Å². The number of carbonyl (C=O) groups excluding carboxylic acids is 1. The largest absolute Gasteiger partial charge is 0.477 e. The molecule has 3 saturated carbocycles. The molecule has 42 heavy (non-hydrogen) atoms. The van der Waals surface area contributed by atoms with Crippen molar-refractivity contribution < 1.29 is 28.2 Å². The summed E-state index contributed by atoms with van der Waals surface area (Å²) in [5, 5.41) is 12.6. The van der Waals surface area contributed by atoms with Crippen molar-refractivity contribution in [2.75, 3.05) is 37.7 Å². The Morgan fingerprint density at radius 3 is 2.29 bits per heavy atom. The van der Waals surface area contributed by atoms with E-state index in [2.05, 4.69) is 24.1 Å². The lowest BCUT2D eigenvalue weighted by atomic mass is 9.43. The Balaban J connectivity index is 0.000000193. The maximum Gasteiger partial charge on any atom is 0.354 e. The van der Waals surface area contributed by atoms with E-state index in [1.54, 1.807) is 0 Å². The van der Waals surface area contributed by atoms with Crippen molar-refractivity contribution >= 4 is 17.4 Å². The molecule has 0 bridgehead atoms. The first-order valence-corrected chi connectivity index (χ1v) is 16.0. The number of carboxylic acids is 1. The number of hydrogen-bond acceptors (Lipinski definition) is 7. The zero-order valence-electron chi connectivity index (χ0n) is 25.4. The number of ketones is 1. The van der Waals surface area contributed by atoms with Gasteiger partial charge in [0.15, 0.2) is 5.69 Å². The molecule has 4 aliphatic rings. The van der Waals surface area contributed by atoms with Crippen LogP contribution in [-0.4, -0.2) is 66.1 Å². The van der Waals surface area contributed by atoms with Crippen molar-refractivity contribution in [3.05, 3.63) is 17.8 Å². The molecule has 4 N–H and O–H groups in total. The van der Waals surface area contributed by atoms with E-state index < -0.39 is 11.9 Å². The maximum absolute atomic E-state index is 12.9. The Hall–Kier alpha value is -2.33. The topological polar surface area (TPSA) is 118 Å². The average Bonchev–Trinajstić information content (AvgIpc) is 3.76. The lowest BCUT2D eigenvalue weighted by Crippen LogP contribution is -2.70. The number of anilines is 1. The highest BCUT2D eigenvalue weighted by Crippen LogP contribution is 2.61. The summed E-state index contributed by atoms with van der Waals surface area (Å²) in [6, 6.07) is 2.78. The van der Waals surface area contributed by atoms with Gasteiger partial charge in [0.25, 0.3) is 5.92 Å². The number of halogens is 2. The third kappa shape index (κ3) is 8.18. The van der Waals surface area contributed by atoms with E-state index in [1.165, 1.54) is 68.4 Å². The molecule has 10 heteroatoms. The van der Waals surface area contributed by atoms with Gasteiger partial charge in [-0.15, -0.1) is 0 Å². The van der Waals surface area contributed by atoms with Crippen molar-refractivity contribution in [3.63, 3.8) is 0 Å². The summed E-state index contributed by atoms with van der Waals surface area (Å²) < 4.78 is 31.4. The number of carbonyl (C=O) groups is 2. The lowest BCUT2D eigenvalue weighted by molar-refractivity contribution is -0.160. The summed E-state index contributed by atoms with van der Waals surface area (Å²) in [4.78, 5) is 27.8. The number of alkyl halides is 2. The second-order valence-corrected chi connectivity index (χ2v) is 13.3. The summed E-state index contributed by atoms with van der Waals surface area (Å²) >= 11 is 0. The fraction of sp³-hybridized carbons (Fsp3) is 0.781. The Bertz CT molecular complexity index is 1070. The van der Waals surface area contributed by atoms with Crippen molar-refractivity contribution in [1.82, 2.24) is 10.3 Å². The minimum Gasteiger partial charge on any atom is -0.477 e. The summed E-state index contributed by atoms with van der Waals surface area (Å²) in [6.07, 6.45) is 16.1. The second kappa shape index (κ2) is 14.0. The Kier molecular flexibility index (Phi) is 10.8. The molecule has 3 aliphatic carbocycles. The monoisotopic (exact) mass is 592 g/mol. The van der Waals surface area contributed by atoms with E-state index in [9.17, 15) is 18.4 Å². The predicted molar refractivity (Wildman–Crippen MR) is 159 cm³/mol. The van der Waals surface area contributed by atoms with Gasteiger partial charge in [-0.3, -0.25) is 4.79 Å². The third-order valence-corrected chi connectivity index (χ3v) is 9.63. The van der Waals surface area contributed by atoms with E-state index in [0.29, 0.717) is 36.0 Å². The van der Waals surface area contributed by atoms with E-state index in [4.69, 9.17) is 15.6 Å². The van der Waals surface area contributed by atoms with Gasteiger partial charge in [0, 0.05) is 24.4 Å². The first-order valence-electron chi connectivity index (χ1n) is 16.0. The number of aromatic carboxylic acids is 1. The standard InChI is InChI=1S/C19H36N2O.C13H14F2N2O3/c1-3-4-5-6-7-8-9-10-11-21-19(15-20)13-18(14-19)12-17(22)16(18)2;14-13(15)6-17(7-13)10-4-3-9(12(18)19)16-11(10)20-5-8-1-2-8/h16,21H,3-15,20H2,1-2H3;3-4,8H,1-2,5-7H2,(H,18,19). The highest BCUT2D eigenvalue weighted by atomic mass is 19.3. The van der Waals surface area contributed by atoms with Crippen LogP contribution in [0.5, 0.6) is 5.88 Å². The average molecular weight is 593 g/mol. The van der Waals surface area contributed by atoms with Crippen LogP contribution in [-0.2, 0) is 4.79 Å². The van der Waals surface area contributed by atoms with E-state index in [1.807, 2.05) is 0 Å². The van der Waals surface area contributed by atoms with Gasteiger partial charge in [0.1, 0.15) is 11.5 Å². The van der Waals surface area contributed by atoms with Crippen molar-refractivity contribution in [2.24, 2.45) is 23.0 Å². The number of ether oxygens (including phenoxy) is 1. The van der Waals surface area contributed by atoms with Gasteiger partial charge < -0.3 is 25.8 Å². The molecule has 1 unspecified atom stereocenters. The molecule has 1 aromatic heterocycles. The SMILES string of the molecule is CCCCCCCCCCNC1(CN)CC2(CC(=O)C2C)C1.O=C(O)c1ccc(N2CC(F)(F)C2)c(OCC2CC2)n1. The zero-order valence-corrected chi connectivity index (χ0v) is 25.4. The fourth-order valence-corrected chi connectivity index (χ4v) is 6.61. The molecule has 0 amide bonds. The number of Topliss-reactive ketones (excluding diaryl/α,β-unsaturated/α-hetero) is 1. The number of rotatable bonds is 16. The van der Waals surface area contributed by atoms with Gasteiger partial charge in [-0.1, -0.05) is 58.8 Å².